The molecule has 1 aliphatic heterocycles. The summed E-state index contributed by atoms with van der Waals surface area (Å²) in [6, 6.07) is 0.558. The van der Waals surface area contributed by atoms with E-state index in [0.29, 0.717) is 29.9 Å². The summed E-state index contributed by atoms with van der Waals surface area (Å²) in [6.07, 6.45) is 8.32. The van der Waals surface area contributed by atoms with Gasteiger partial charge in [-0.1, -0.05) is 0 Å². The van der Waals surface area contributed by atoms with Gasteiger partial charge < -0.3 is 15.0 Å². The van der Waals surface area contributed by atoms with E-state index in [9.17, 15) is 4.79 Å². The third-order valence-electron chi connectivity index (χ3n) is 5.22. The lowest BCUT2D eigenvalue weighted by molar-refractivity contribution is -0.135. The van der Waals surface area contributed by atoms with Crippen molar-refractivity contribution in [2.24, 2.45) is 11.8 Å². The lowest BCUT2D eigenvalue weighted by Crippen LogP contribution is -2.44. The van der Waals surface area contributed by atoms with E-state index in [4.69, 9.17) is 4.74 Å². The van der Waals surface area contributed by atoms with E-state index in [1.54, 1.807) is 0 Å². The van der Waals surface area contributed by atoms with Crippen molar-refractivity contribution in [3.05, 3.63) is 0 Å². The molecule has 4 nitrogen and oxygen atoms in total. The van der Waals surface area contributed by atoms with Gasteiger partial charge in [0.1, 0.15) is 0 Å². The summed E-state index contributed by atoms with van der Waals surface area (Å²) in [4.78, 5) is 14.8. The van der Waals surface area contributed by atoms with Gasteiger partial charge in [0, 0.05) is 25.6 Å². The first-order valence-electron chi connectivity index (χ1n) is 8.88. The van der Waals surface area contributed by atoms with E-state index >= 15 is 0 Å². The molecule has 3 aliphatic rings. The van der Waals surface area contributed by atoms with Crippen LogP contribution in [0.15, 0.2) is 0 Å². The maximum atomic E-state index is 12.6. The Balaban J connectivity index is 1.44. The van der Waals surface area contributed by atoms with Crippen LogP contribution in [0.2, 0.25) is 0 Å². The van der Waals surface area contributed by atoms with Gasteiger partial charge in [0.05, 0.1) is 6.10 Å². The second-order valence-electron chi connectivity index (χ2n) is 7.11. The molecular formula is C17H30N2O2. The van der Waals surface area contributed by atoms with Crippen LogP contribution >= 0.6 is 0 Å². The number of nitrogens with one attached hydrogen (secondary N) is 1. The van der Waals surface area contributed by atoms with Crippen molar-refractivity contribution < 1.29 is 9.53 Å². The van der Waals surface area contributed by atoms with Crippen LogP contribution in [0.5, 0.6) is 0 Å². The predicted octanol–water partition coefficient (Wildman–Crippen LogP) is 2.18. The maximum absolute atomic E-state index is 12.6. The highest BCUT2D eigenvalue weighted by molar-refractivity contribution is 5.77. The van der Waals surface area contributed by atoms with E-state index in [-0.39, 0.29) is 0 Å². The molecule has 3 rings (SSSR count). The number of piperidine rings is 1. The summed E-state index contributed by atoms with van der Waals surface area (Å²) in [5.41, 5.74) is 0. The zero-order valence-corrected chi connectivity index (χ0v) is 13.4. The van der Waals surface area contributed by atoms with Crippen molar-refractivity contribution in [2.75, 3.05) is 26.2 Å². The number of amides is 1. The minimum atomic E-state index is 0.406. The molecular weight excluding hydrogens is 264 g/mol. The van der Waals surface area contributed by atoms with Crippen molar-refractivity contribution in [1.29, 1.82) is 0 Å². The van der Waals surface area contributed by atoms with Gasteiger partial charge in [-0.15, -0.1) is 0 Å². The molecule has 1 saturated heterocycles. The van der Waals surface area contributed by atoms with E-state index < -0.39 is 0 Å². The van der Waals surface area contributed by atoms with Crippen LogP contribution in [0.4, 0.5) is 0 Å². The van der Waals surface area contributed by atoms with Crippen molar-refractivity contribution in [3.63, 3.8) is 0 Å². The summed E-state index contributed by atoms with van der Waals surface area (Å²) < 4.78 is 5.60. The first kappa shape index (κ1) is 15.3. The number of carbonyl (C=O) groups is 1. The van der Waals surface area contributed by atoms with Gasteiger partial charge in [0.2, 0.25) is 5.91 Å². The number of hydrogen-bond donors (Lipinski definition) is 1. The lowest BCUT2D eigenvalue weighted by atomic mass is 9.79. The number of hydrogen-bond acceptors (Lipinski definition) is 3. The van der Waals surface area contributed by atoms with Crippen LogP contribution < -0.4 is 5.32 Å². The van der Waals surface area contributed by atoms with Gasteiger partial charge in [0.15, 0.2) is 0 Å². The molecule has 0 aromatic heterocycles. The Kier molecular flexibility index (Phi) is 5.17. The molecule has 0 radical (unpaired) electrons. The summed E-state index contributed by atoms with van der Waals surface area (Å²) in [5.74, 6) is 1.64. The third kappa shape index (κ3) is 4.19. The average Bonchev–Trinajstić information content (AvgIpc) is 3.28. The third-order valence-corrected chi connectivity index (χ3v) is 5.22. The summed E-state index contributed by atoms with van der Waals surface area (Å²) in [5, 5.41) is 3.47. The van der Waals surface area contributed by atoms with Gasteiger partial charge in [-0.2, -0.15) is 0 Å². The van der Waals surface area contributed by atoms with Crippen molar-refractivity contribution >= 4 is 5.91 Å². The average molecular weight is 294 g/mol. The first-order valence-corrected chi connectivity index (χ1v) is 8.88. The quantitative estimate of drug-likeness (QED) is 0.782. The predicted molar refractivity (Wildman–Crippen MR) is 83.1 cm³/mol. The normalized spacial score (nSPS) is 32.5. The molecule has 1 atom stereocenters. The smallest absolute Gasteiger partial charge is 0.223 e. The number of ether oxygens (including phenoxy) is 1. The molecule has 3 fully saturated rings. The highest BCUT2D eigenvalue weighted by Crippen LogP contribution is 2.35. The van der Waals surface area contributed by atoms with E-state index in [2.05, 4.69) is 10.2 Å². The monoisotopic (exact) mass is 294 g/mol. The van der Waals surface area contributed by atoms with Crippen LogP contribution in [0.25, 0.3) is 0 Å². The molecule has 120 valence electrons. The van der Waals surface area contributed by atoms with Gasteiger partial charge >= 0.3 is 0 Å². The Labute approximate surface area is 128 Å². The Morgan fingerprint density at radius 2 is 2.05 bits per heavy atom. The molecule has 1 unspecified atom stereocenters. The second kappa shape index (κ2) is 7.10. The Bertz CT molecular complexity index is 345. The Morgan fingerprint density at radius 1 is 1.24 bits per heavy atom. The molecule has 0 aromatic carbocycles. The Morgan fingerprint density at radius 3 is 2.67 bits per heavy atom. The van der Waals surface area contributed by atoms with Crippen LogP contribution in [0, 0.1) is 11.8 Å². The van der Waals surface area contributed by atoms with Crippen LogP contribution in [-0.4, -0.2) is 49.2 Å². The largest absolute Gasteiger partial charge is 0.378 e. The van der Waals surface area contributed by atoms with Gasteiger partial charge in [0.25, 0.3) is 0 Å². The fraction of sp³-hybridized carbons (Fsp3) is 0.941. The van der Waals surface area contributed by atoms with E-state index in [1.807, 2.05) is 6.92 Å². The minimum absolute atomic E-state index is 0.406. The molecule has 1 heterocycles. The molecule has 1 N–H and O–H groups in total. The summed E-state index contributed by atoms with van der Waals surface area (Å²) in [7, 11) is 0. The number of nitrogens with zero attached hydrogens (tertiary/aromatic N) is 1. The fourth-order valence-electron chi connectivity index (χ4n) is 3.78. The zero-order valence-electron chi connectivity index (χ0n) is 13.4. The first-order chi connectivity index (χ1) is 10.3. The summed E-state index contributed by atoms with van der Waals surface area (Å²) >= 11 is 0. The molecule has 2 aliphatic carbocycles. The van der Waals surface area contributed by atoms with E-state index in [0.717, 1.165) is 45.5 Å². The molecule has 21 heavy (non-hydrogen) atoms. The van der Waals surface area contributed by atoms with Crippen molar-refractivity contribution in [1.82, 2.24) is 10.2 Å². The second-order valence-corrected chi connectivity index (χ2v) is 7.11. The standard InChI is InChI=1S/C17H30N2O2/c1-2-21-16-8-14(9-16)10-17(20)19(15-5-6-15)12-13-4-3-7-18-11-13/h13-16,18H,2-12H2,1H3. The molecule has 2 saturated carbocycles. The Hall–Kier alpha value is -0.610. The fourth-order valence-corrected chi connectivity index (χ4v) is 3.78. The van der Waals surface area contributed by atoms with Gasteiger partial charge in [-0.3, -0.25) is 4.79 Å². The van der Waals surface area contributed by atoms with Gasteiger partial charge in [-0.25, -0.2) is 0 Å². The molecule has 0 bridgehead atoms. The topological polar surface area (TPSA) is 41.6 Å². The summed E-state index contributed by atoms with van der Waals surface area (Å²) in [6.45, 7) is 6.07. The maximum Gasteiger partial charge on any atom is 0.223 e. The van der Waals surface area contributed by atoms with Gasteiger partial charge in [-0.05, 0) is 70.4 Å². The van der Waals surface area contributed by atoms with Crippen LogP contribution in [0.3, 0.4) is 0 Å². The lowest BCUT2D eigenvalue weighted by Gasteiger charge is -2.37. The van der Waals surface area contributed by atoms with Crippen molar-refractivity contribution in [2.45, 2.75) is 64.0 Å². The molecule has 0 spiro atoms. The number of carbonyl (C=O) groups excluding carboxylic acids is 1. The minimum Gasteiger partial charge on any atom is -0.378 e. The molecule has 0 aromatic rings. The highest BCUT2D eigenvalue weighted by atomic mass is 16.5. The van der Waals surface area contributed by atoms with Crippen molar-refractivity contribution in [3.8, 4) is 0 Å². The molecule has 4 heteroatoms. The van der Waals surface area contributed by atoms with Crippen LogP contribution in [-0.2, 0) is 9.53 Å². The molecule has 1 amide bonds. The SMILES string of the molecule is CCOC1CC(CC(=O)N(CC2CCCNC2)C2CC2)C1. The highest BCUT2D eigenvalue weighted by Gasteiger charge is 2.37. The van der Waals surface area contributed by atoms with Crippen LogP contribution in [0.1, 0.15) is 51.9 Å². The zero-order chi connectivity index (χ0) is 14.7. The number of rotatable bonds is 7. The van der Waals surface area contributed by atoms with E-state index in [1.165, 1.54) is 25.7 Å².